The van der Waals surface area contributed by atoms with Crippen LogP contribution in [0, 0.1) is 13.0 Å². The smallest absolute Gasteiger partial charge is 0.808 e. The third-order valence-electron chi connectivity index (χ3n) is 2.40. The van der Waals surface area contributed by atoms with Gasteiger partial charge < -0.3 is 16.1 Å². The first-order valence-corrected chi connectivity index (χ1v) is 6.32. The number of hydrogen-bond donors (Lipinski definition) is 0. The summed E-state index contributed by atoms with van der Waals surface area (Å²) in [5.74, 6) is 0. The molecular weight excluding hydrogens is 438 g/mol. The predicted octanol–water partition coefficient (Wildman–Crippen LogP) is 4.83. The van der Waals surface area contributed by atoms with Gasteiger partial charge in [0.1, 0.15) is 0 Å². The van der Waals surface area contributed by atoms with Crippen molar-refractivity contribution in [2.45, 2.75) is 20.8 Å². The summed E-state index contributed by atoms with van der Waals surface area (Å²) in [6.45, 7) is 5.21. The molecule has 2 rings (SSSR count). The first kappa shape index (κ1) is 19.2. The number of allylic oxidation sites excluding steroid dienone is 2. The molecule has 4 heteroatoms. The number of rotatable bonds is 2. The molecule has 0 spiro atoms. The summed E-state index contributed by atoms with van der Waals surface area (Å²) in [6.07, 6.45) is 3.20. The van der Waals surface area contributed by atoms with E-state index in [1.807, 2.05) is 36.5 Å². The van der Waals surface area contributed by atoms with Gasteiger partial charge in [-0.05, 0) is 18.7 Å². The number of pyridine rings is 1. The Kier molecular flexibility index (Phi) is 9.18. The molecule has 0 unspecified atom stereocenters. The molecule has 21 heavy (non-hydrogen) atoms. The molecule has 0 saturated carbocycles. The second kappa shape index (κ2) is 10.0. The van der Waals surface area contributed by atoms with Gasteiger partial charge in [-0.15, -0.1) is 42.0 Å². The fourth-order valence-corrected chi connectivity index (χ4v) is 1.62. The molecule has 110 valence electrons. The first-order chi connectivity index (χ1) is 9.50. The van der Waals surface area contributed by atoms with Crippen LogP contribution in [0.4, 0.5) is 0 Å². The number of nitrogens with one attached hydrogen (secondary N) is 1. The van der Waals surface area contributed by atoms with Gasteiger partial charge in [-0.25, -0.2) is 0 Å². The van der Waals surface area contributed by atoms with E-state index in [0.717, 1.165) is 11.3 Å². The molecule has 0 bridgehead atoms. The number of benzene rings is 1. The quantitative estimate of drug-likeness (QED) is 0.472. The molecule has 1 N–H and O–H groups in total. The van der Waals surface area contributed by atoms with Crippen molar-refractivity contribution in [2.75, 3.05) is 0 Å². The van der Waals surface area contributed by atoms with E-state index in [4.69, 9.17) is 11.1 Å². The van der Waals surface area contributed by atoms with Crippen LogP contribution in [0.1, 0.15) is 19.4 Å². The van der Waals surface area contributed by atoms with Crippen LogP contribution in [0.15, 0.2) is 54.4 Å². The Bertz CT molecular complexity index is 588. The van der Waals surface area contributed by atoms with E-state index in [1.165, 1.54) is 18.6 Å². The molecule has 1 aromatic heterocycles. The van der Waals surface area contributed by atoms with E-state index >= 15 is 0 Å². The number of nitrogens with zero attached hydrogens (tertiary/aromatic N) is 2. The van der Waals surface area contributed by atoms with Gasteiger partial charge >= 0.3 is 20.1 Å². The molecule has 0 fully saturated rings. The Hall–Kier alpha value is -1.77. The van der Waals surface area contributed by atoms with E-state index < -0.39 is 0 Å². The molecule has 0 aliphatic carbocycles. The fourth-order valence-electron chi connectivity index (χ4n) is 1.62. The van der Waals surface area contributed by atoms with Crippen LogP contribution >= 0.6 is 0 Å². The summed E-state index contributed by atoms with van der Waals surface area (Å²) < 4.78 is 0. The molecule has 3 nitrogen and oxygen atoms in total. The van der Waals surface area contributed by atoms with Gasteiger partial charge in [0.05, 0.1) is 0 Å². The van der Waals surface area contributed by atoms with E-state index in [2.05, 4.69) is 24.0 Å². The van der Waals surface area contributed by atoms with Gasteiger partial charge in [0.25, 0.3) is 0 Å². The summed E-state index contributed by atoms with van der Waals surface area (Å²) in [4.78, 5) is 4.32. The van der Waals surface area contributed by atoms with Gasteiger partial charge in [0, 0.05) is 6.20 Å². The van der Waals surface area contributed by atoms with Gasteiger partial charge in [0.2, 0.25) is 0 Å². The topological polar surface area (TPSA) is 59.0 Å². The predicted molar refractivity (Wildman–Crippen MR) is 85.4 cm³/mol. The van der Waals surface area contributed by atoms with Crippen LogP contribution in [0.5, 0.6) is 0 Å². The van der Waals surface area contributed by atoms with Gasteiger partial charge in [-0.2, -0.15) is 11.4 Å². The zero-order valence-electron chi connectivity index (χ0n) is 12.3. The van der Waals surface area contributed by atoms with Crippen molar-refractivity contribution in [1.29, 1.82) is 0 Å². The van der Waals surface area contributed by atoms with Crippen molar-refractivity contribution < 1.29 is 20.1 Å². The van der Waals surface area contributed by atoms with Crippen LogP contribution in [-0.2, 0) is 20.1 Å². The molecule has 1 heterocycles. The molecule has 0 atom stereocenters. The van der Waals surface area contributed by atoms with Gasteiger partial charge in [0.15, 0.2) is 0 Å². The van der Waals surface area contributed by atoms with Crippen LogP contribution < -0.4 is 0 Å². The Labute approximate surface area is 140 Å². The molecule has 0 saturated heterocycles. The average molecular weight is 457 g/mol. The summed E-state index contributed by atoms with van der Waals surface area (Å²) in [6, 6.07) is 15.1. The molecule has 2 aromatic rings. The molecular formula is C17H18IrN3. The molecule has 0 radical (unpaired) electrons. The van der Waals surface area contributed by atoms with Gasteiger partial charge in [-0.1, -0.05) is 25.5 Å². The Morgan fingerprint density at radius 1 is 1.24 bits per heavy atom. The van der Waals surface area contributed by atoms with E-state index in [1.54, 1.807) is 6.92 Å². The maximum Gasteiger partial charge on any atom is 3.00 e. The first-order valence-electron chi connectivity index (χ1n) is 6.32. The van der Waals surface area contributed by atoms with Crippen LogP contribution in [-0.4, -0.2) is 10.7 Å². The van der Waals surface area contributed by atoms with Crippen molar-refractivity contribution in [2.24, 2.45) is 0 Å². The largest absolute Gasteiger partial charge is 3.00 e. The Balaban J connectivity index is 0.000000436. The number of hydrogen-bond acceptors (Lipinski definition) is 1. The molecule has 0 aliphatic heterocycles. The van der Waals surface area contributed by atoms with Crippen molar-refractivity contribution >= 4 is 5.71 Å². The summed E-state index contributed by atoms with van der Waals surface area (Å²) in [7, 11) is 0. The van der Waals surface area contributed by atoms with Crippen LogP contribution in [0.3, 0.4) is 0 Å². The number of aromatic nitrogens is 1. The minimum atomic E-state index is 0. The summed E-state index contributed by atoms with van der Waals surface area (Å²) in [5.41, 5.74) is 10.6. The van der Waals surface area contributed by atoms with E-state index in [0.29, 0.717) is 5.70 Å². The van der Waals surface area contributed by atoms with E-state index in [9.17, 15) is 0 Å². The third-order valence-corrected chi connectivity index (χ3v) is 2.40. The minimum absolute atomic E-state index is 0. The van der Waals surface area contributed by atoms with Crippen LogP contribution in [0.2, 0.25) is 0 Å². The Morgan fingerprint density at radius 2 is 1.95 bits per heavy atom. The maximum atomic E-state index is 8.44. The normalized spacial score (nSPS) is 9.95. The molecule has 0 aliphatic rings. The van der Waals surface area contributed by atoms with E-state index in [-0.39, 0.29) is 25.8 Å². The summed E-state index contributed by atoms with van der Waals surface area (Å²) >= 11 is 0. The van der Waals surface area contributed by atoms with Crippen molar-refractivity contribution in [3.8, 4) is 11.3 Å². The SMILES string of the molecule is CC(=[N-])/C=C(/C)[NH-].Cc1cccnc1-c1[c-]cccc1.[Ir+3]. The fraction of sp³-hybridized carbons (Fsp3) is 0.176. The van der Waals surface area contributed by atoms with Gasteiger partial charge in [-0.3, -0.25) is 0 Å². The Morgan fingerprint density at radius 3 is 2.38 bits per heavy atom. The standard InChI is InChI=1S/C12H10N.C5H8N2.Ir/c1-10-6-5-9-13-12(10)11-7-3-2-4-8-11;1-4(6)3-5(2)7;/h2-7,9H,1H3;3,6H,1-2H3;/q-1;-2;+3/b;4-3-;. The van der Waals surface area contributed by atoms with Crippen molar-refractivity contribution in [1.82, 2.24) is 4.98 Å². The average Bonchev–Trinajstić information content (AvgIpc) is 2.39. The summed E-state index contributed by atoms with van der Waals surface area (Å²) in [5, 5.41) is 8.44. The molecule has 0 amide bonds. The third kappa shape index (κ3) is 7.54. The monoisotopic (exact) mass is 457 g/mol. The number of aryl methyl sites for hydroxylation is 1. The van der Waals surface area contributed by atoms with Crippen LogP contribution in [0.25, 0.3) is 22.4 Å². The second-order valence-corrected chi connectivity index (χ2v) is 4.41. The van der Waals surface area contributed by atoms with Crippen molar-refractivity contribution in [3.63, 3.8) is 0 Å². The van der Waals surface area contributed by atoms with Crippen molar-refractivity contribution in [3.05, 3.63) is 77.1 Å². The zero-order chi connectivity index (χ0) is 15.0. The second-order valence-electron chi connectivity index (χ2n) is 4.41. The minimum Gasteiger partial charge on any atom is -0.808 e. The molecule has 1 aromatic carbocycles. The maximum absolute atomic E-state index is 8.44. The zero-order valence-corrected chi connectivity index (χ0v) is 14.7.